The van der Waals surface area contributed by atoms with Gasteiger partial charge in [0.1, 0.15) is 5.37 Å². The Balaban J connectivity index is 1.87. The fourth-order valence-corrected chi connectivity index (χ4v) is 3.17. The number of carbonyl (C=O) groups is 2. The number of carbonyl (C=O) groups excluding carboxylic acids is 2. The van der Waals surface area contributed by atoms with Gasteiger partial charge in [0, 0.05) is 13.8 Å². The maximum atomic E-state index is 11.7. The van der Waals surface area contributed by atoms with Gasteiger partial charge in [-0.25, -0.2) is 5.01 Å². The van der Waals surface area contributed by atoms with E-state index in [9.17, 15) is 9.59 Å². The molecule has 110 valence electrons. The second-order valence-electron chi connectivity index (χ2n) is 4.53. The van der Waals surface area contributed by atoms with Gasteiger partial charge in [-0.1, -0.05) is 17.8 Å². The molecule has 7 nitrogen and oxygen atoms in total. The number of amidine groups is 1. The average Bonchev–Trinajstić information content (AvgIpc) is 3.02. The number of hydrogen-bond acceptors (Lipinski definition) is 6. The maximum absolute atomic E-state index is 11.7. The lowest BCUT2D eigenvalue weighted by Crippen LogP contribution is -2.25. The minimum absolute atomic E-state index is 0.195. The molecule has 0 radical (unpaired) electrons. The van der Waals surface area contributed by atoms with Gasteiger partial charge in [0.25, 0.3) is 0 Å². The molecule has 0 aliphatic carbocycles. The molecule has 3 rings (SSSR count). The summed E-state index contributed by atoms with van der Waals surface area (Å²) < 4.78 is 10.6. The van der Waals surface area contributed by atoms with Crippen molar-refractivity contribution in [3.63, 3.8) is 0 Å². The highest BCUT2D eigenvalue weighted by molar-refractivity contribution is 8.14. The Kier molecular flexibility index (Phi) is 3.46. The molecule has 0 unspecified atom stereocenters. The lowest BCUT2D eigenvalue weighted by Gasteiger charge is -2.19. The van der Waals surface area contributed by atoms with Gasteiger partial charge in [0.2, 0.25) is 18.6 Å². The average molecular weight is 307 g/mol. The summed E-state index contributed by atoms with van der Waals surface area (Å²) in [7, 11) is 0. The van der Waals surface area contributed by atoms with Crippen molar-refractivity contribution in [2.75, 3.05) is 6.79 Å². The molecule has 0 bridgehead atoms. The van der Waals surface area contributed by atoms with Crippen molar-refractivity contribution in [1.82, 2.24) is 10.3 Å². The summed E-state index contributed by atoms with van der Waals surface area (Å²) in [4.78, 5) is 22.9. The number of nitrogens with one attached hydrogen (secondary N) is 1. The molecule has 0 aromatic heterocycles. The van der Waals surface area contributed by atoms with Crippen molar-refractivity contribution in [2.24, 2.45) is 5.10 Å². The van der Waals surface area contributed by atoms with Crippen molar-refractivity contribution in [1.29, 1.82) is 0 Å². The quantitative estimate of drug-likeness (QED) is 0.848. The topological polar surface area (TPSA) is 80.2 Å². The molecule has 2 heterocycles. The molecule has 0 spiro atoms. The molecule has 1 aromatic carbocycles. The third kappa shape index (κ3) is 2.66. The predicted octanol–water partition coefficient (Wildman–Crippen LogP) is 1.42. The van der Waals surface area contributed by atoms with Crippen molar-refractivity contribution in [2.45, 2.75) is 19.2 Å². The van der Waals surface area contributed by atoms with E-state index in [1.54, 1.807) is 6.07 Å². The Bertz CT molecular complexity index is 646. The van der Waals surface area contributed by atoms with Gasteiger partial charge in [-0.15, -0.1) is 5.10 Å². The largest absolute Gasteiger partial charge is 0.454 e. The lowest BCUT2D eigenvalue weighted by atomic mass is 10.2. The Morgan fingerprint density at radius 3 is 2.81 bits per heavy atom. The zero-order valence-corrected chi connectivity index (χ0v) is 12.3. The summed E-state index contributed by atoms with van der Waals surface area (Å²) in [6, 6.07) is 5.47. The first-order valence-corrected chi connectivity index (χ1v) is 7.15. The fraction of sp³-hybridized carbons (Fsp3) is 0.308. The first-order chi connectivity index (χ1) is 10.0. The fourth-order valence-electron chi connectivity index (χ4n) is 2.05. The van der Waals surface area contributed by atoms with Gasteiger partial charge in [-0.2, -0.15) is 0 Å². The van der Waals surface area contributed by atoms with E-state index in [4.69, 9.17) is 9.47 Å². The van der Waals surface area contributed by atoms with E-state index in [-0.39, 0.29) is 24.0 Å². The number of rotatable bonds is 1. The van der Waals surface area contributed by atoms with Gasteiger partial charge < -0.3 is 14.8 Å². The molecule has 1 aromatic rings. The number of hydrogen-bond donors (Lipinski definition) is 1. The third-order valence-corrected chi connectivity index (χ3v) is 4.03. The van der Waals surface area contributed by atoms with E-state index < -0.39 is 0 Å². The van der Waals surface area contributed by atoms with Gasteiger partial charge in [0.05, 0.1) is 0 Å². The zero-order valence-electron chi connectivity index (χ0n) is 11.5. The number of thioether (sulfide) groups is 1. The van der Waals surface area contributed by atoms with E-state index >= 15 is 0 Å². The van der Waals surface area contributed by atoms with E-state index in [0.717, 1.165) is 5.56 Å². The monoisotopic (exact) mass is 307 g/mol. The normalized spacial score (nSPS) is 19.4. The van der Waals surface area contributed by atoms with Crippen molar-refractivity contribution in [3.05, 3.63) is 23.8 Å². The Morgan fingerprint density at radius 2 is 2.10 bits per heavy atom. The predicted molar refractivity (Wildman–Crippen MR) is 76.7 cm³/mol. The SMILES string of the molecule is CC(=O)NC1=NN(C(C)=O)[C@H](c2ccc3c(c2)OCO3)S1. The van der Waals surface area contributed by atoms with Crippen LogP contribution in [0.3, 0.4) is 0 Å². The second-order valence-corrected chi connectivity index (χ2v) is 5.60. The number of benzene rings is 1. The molecular weight excluding hydrogens is 294 g/mol. The first kappa shape index (κ1) is 13.7. The molecule has 0 saturated carbocycles. The molecule has 1 N–H and O–H groups in total. The highest BCUT2D eigenvalue weighted by Crippen LogP contribution is 2.42. The zero-order chi connectivity index (χ0) is 15.0. The first-order valence-electron chi connectivity index (χ1n) is 6.27. The van der Waals surface area contributed by atoms with Crippen molar-refractivity contribution in [3.8, 4) is 11.5 Å². The van der Waals surface area contributed by atoms with Crippen LogP contribution in [0.4, 0.5) is 0 Å². The van der Waals surface area contributed by atoms with Crippen LogP contribution in [0.2, 0.25) is 0 Å². The summed E-state index contributed by atoms with van der Waals surface area (Å²) in [5, 5.41) is 8.15. The molecule has 2 aliphatic heterocycles. The van der Waals surface area contributed by atoms with Gasteiger partial charge in [0.15, 0.2) is 16.7 Å². The van der Waals surface area contributed by atoms with Crippen molar-refractivity contribution >= 4 is 28.7 Å². The molecule has 8 heteroatoms. The van der Waals surface area contributed by atoms with Gasteiger partial charge in [-0.3, -0.25) is 9.59 Å². The van der Waals surface area contributed by atoms with E-state index in [1.165, 1.54) is 30.6 Å². The van der Waals surface area contributed by atoms with Crippen molar-refractivity contribution < 1.29 is 19.1 Å². The lowest BCUT2D eigenvalue weighted by molar-refractivity contribution is -0.129. The molecule has 0 fully saturated rings. The van der Waals surface area contributed by atoms with Crippen LogP contribution in [0.1, 0.15) is 24.8 Å². The Labute approximate surface area is 125 Å². The smallest absolute Gasteiger partial charge is 0.241 e. The van der Waals surface area contributed by atoms with Crippen LogP contribution in [0.25, 0.3) is 0 Å². The Morgan fingerprint density at radius 1 is 1.33 bits per heavy atom. The number of nitrogens with zero attached hydrogens (tertiary/aromatic N) is 2. The second kappa shape index (κ2) is 5.28. The summed E-state index contributed by atoms with van der Waals surface area (Å²) >= 11 is 1.30. The third-order valence-electron chi connectivity index (χ3n) is 2.93. The minimum atomic E-state index is -0.334. The molecule has 21 heavy (non-hydrogen) atoms. The molecule has 2 amide bonds. The van der Waals surface area contributed by atoms with Crippen LogP contribution in [0.5, 0.6) is 11.5 Å². The number of amides is 2. The van der Waals surface area contributed by atoms with E-state index in [1.807, 2.05) is 12.1 Å². The van der Waals surface area contributed by atoms with Crippen LogP contribution >= 0.6 is 11.8 Å². The summed E-state index contributed by atoms with van der Waals surface area (Å²) in [5.41, 5.74) is 0.851. The molecule has 1 atom stereocenters. The Hall–Kier alpha value is -2.22. The van der Waals surface area contributed by atoms with Crippen LogP contribution in [0.15, 0.2) is 23.3 Å². The number of fused-ring (bicyclic) bond motifs is 1. The van der Waals surface area contributed by atoms with E-state index in [2.05, 4.69) is 10.4 Å². The van der Waals surface area contributed by atoms with Gasteiger partial charge >= 0.3 is 0 Å². The number of ether oxygens (including phenoxy) is 2. The van der Waals surface area contributed by atoms with Crippen LogP contribution in [-0.2, 0) is 9.59 Å². The maximum Gasteiger partial charge on any atom is 0.241 e. The van der Waals surface area contributed by atoms with Crippen LogP contribution in [-0.4, -0.2) is 28.8 Å². The van der Waals surface area contributed by atoms with Gasteiger partial charge in [-0.05, 0) is 17.7 Å². The summed E-state index contributed by atoms with van der Waals surface area (Å²) in [6.45, 7) is 3.02. The summed E-state index contributed by atoms with van der Waals surface area (Å²) in [6.07, 6.45) is 0. The standard InChI is InChI=1S/C13H13N3O4S/c1-7(17)14-13-15-16(8(2)18)12(21-13)9-3-4-10-11(5-9)20-6-19-10/h3-5,12H,6H2,1-2H3,(H,14,15,17)/t12-/m0/s1. The molecule has 2 aliphatic rings. The highest BCUT2D eigenvalue weighted by Gasteiger charge is 2.33. The molecular formula is C13H13N3O4S. The minimum Gasteiger partial charge on any atom is -0.454 e. The van der Waals surface area contributed by atoms with E-state index in [0.29, 0.717) is 16.7 Å². The molecule has 0 saturated heterocycles. The van der Waals surface area contributed by atoms with Crippen LogP contribution < -0.4 is 14.8 Å². The highest BCUT2D eigenvalue weighted by atomic mass is 32.2. The number of hydrazone groups is 1. The van der Waals surface area contributed by atoms with Crippen LogP contribution in [0, 0.1) is 0 Å². The summed E-state index contributed by atoms with van der Waals surface area (Å²) in [5.74, 6) is 0.894.